The molecule has 1 amide bonds. The van der Waals surface area contributed by atoms with Gasteiger partial charge in [-0.3, -0.25) is 9.00 Å². The maximum atomic E-state index is 12.5. The summed E-state index contributed by atoms with van der Waals surface area (Å²) < 4.78 is 17.4. The summed E-state index contributed by atoms with van der Waals surface area (Å²) in [5, 5.41) is 2.81. The average Bonchev–Trinajstić information content (AvgIpc) is 2.68. The van der Waals surface area contributed by atoms with Crippen LogP contribution in [0.15, 0.2) is 47.5 Å². The lowest BCUT2D eigenvalue weighted by atomic mass is 9.90. The van der Waals surface area contributed by atoms with Gasteiger partial charge < -0.3 is 10.1 Å². The second-order valence-electron chi connectivity index (χ2n) is 6.60. The zero-order valence-corrected chi connectivity index (χ0v) is 15.8. The Morgan fingerprint density at radius 1 is 1.19 bits per heavy atom. The van der Waals surface area contributed by atoms with E-state index >= 15 is 0 Å². The molecular weight excluding hydrogens is 348 g/mol. The molecule has 1 N–H and O–H groups in total. The van der Waals surface area contributed by atoms with E-state index in [-0.39, 0.29) is 5.91 Å². The van der Waals surface area contributed by atoms with Gasteiger partial charge in [-0.1, -0.05) is 19.3 Å². The summed E-state index contributed by atoms with van der Waals surface area (Å²) in [7, 11) is -1.06. The lowest BCUT2D eigenvalue weighted by Gasteiger charge is -2.22. The van der Waals surface area contributed by atoms with E-state index in [1.54, 1.807) is 42.8 Å². The van der Waals surface area contributed by atoms with Crippen molar-refractivity contribution in [3.8, 4) is 5.75 Å². The summed E-state index contributed by atoms with van der Waals surface area (Å²) in [6.45, 7) is 0.658. The van der Waals surface area contributed by atoms with Gasteiger partial charge in [0.2, 0.25) is 0 Å². The maximum absolute atomic E-state index is 12.5. The zero-order valence-electron chi connectivity index (χ0n) is 14.9. The number of aromatic nitrogens is 1. The van der Waals surface area contributed by atoms with Gasteiger partial charge in [-0.25, -0.2) is 4.98 Å². The third-order valence-corrected chi connectivity index (χ3v) is 5.59. The van der Waals surface area contributed by atoms with Crippen LogP contribution in [0.25, 0.3) is 0 Å². The van der Waals surface area contributed by atoms with Crippen LogP contribution in [0.5, 0.6) is 5.75 Å². The molecule has 2 aromatic rings. The molecule has 138 valence electrons. The molecule has 0 radical (unpaired) electrons. The van der Waals surface area contributed by atoms with Crippen LogP contribution in [0, 0.1) is 5.92 Å². The van der Waals surface area contributed by atoms with E-state index in [2.05, 4.69) is 10.3 Å². The summed E-state index contributed by atoms with van der Waals surface area (Å²) in [4.78, 5) is 17.4. The predicted octanol–water partition coefficient (Wildman–Crippen LogP) is 4.03. The van der Waals surface area contributed by atoms with Crippen molar-refractivity contribution in [2.45, 2.75) is 37.0 Å². The first-order valence-corrected chi connectivity index (χ1v) is 10.5. The molecule has 0 unspecified atom stereocenters. The largest absolute Gasteiger partial charge is 0.489 e. The Hall–Kier alpha value is -2.21. The highest BCUT2D eigenvalue weighted by molar-refractivity contribution is 7.84. The first kappa shape index (κ1) is 18.6. The molecule has 1 atom stereocenters. The van der Waals surface area contributed by atoms with Crippen molar-refractivity contribution in [1.29, 1.82) is 0 Å². The van der Waals surface area contributed by atoms with Gasteiger partial charge in [-0.2, -0.15) is 0 Å². The number of carbonyl (C=O) groups excluding carboxylic acids is 1. The first-order valence-electron chi connectivity index (χ1n) is 8.96. The van der Waals surface area contributed by atoms with Crippen molar-refractivity contribution < 1.29 is 13.7 Å². The third-order valence-electron chi connectivity index (χ3n) is 4.65. The topological polar surface area (TPSA) is 68.3 Å². The second-order valence-corrected chi connectivity index (χ2v) is 7.98. The van der Waals surface area contributed by atoms with E-state index in [4.69, 9.17) is 4.74 Å². The zero-order chi connectivity index (χ0) is 18.4. The van der Waals surface area contributed by atoms with Crippen LogP contribution in [0.2, 0.25) is 0 Å². The van der Waals surface area contributed by atoms with Gasteiger partial charge in [0.25, 0.3) is 5.91 Å². The molecule has 26 heavy (non-hydrogen) atoms. The Balaban J connectivity index is 1.65. The summed E-state index contributed by atoms with van der Waals surface area (Å²) in [6.07, 6.45) is 9.49. The predicted molar refractivity (Wildman–Crippen MR) is 103 cm³/mol. The minimum atomic E-state index is -1.06. The summed E-state index contributed by atoms with van der Waals surface area (Å²) in [5.41, 5.74) is 0.489. The molecule has 1 fully saturated rings. The lowest BCUT2D eigenvalue weighted by molar-refractivity contribution is 0.102. The van der Waals surface area contributed by atoms with Crippen LogP contribution in [0.1, 0.15) is 42.5 Å². The SMILES string of the molecule is C[S@](=O)c1ccc(C(=O)Nc2ncccc2OCC2CCCCC2)cc1. The number of carbonyl (C=O) groups is 1. The molecule has 1 heterocycles. The molecule has 1 aromatic carbocycles. The van der Waals surface area contributed by atoms with Crippen molar-refractivity contribution in [3.63, 3.8) is 0 Å². The molecule has 0 bridgehead atoms. The van der Waals surface area contributed by atoms with E-state index in [0.717, 1.165) is 0 Å². The molecule has 1 aliphatic carbocycles. The van der Waals surface area contributed by atoms with Crippen LogP contribution in [-0.4, -0.2) is 28.0 Å². The molecule has 5 nitrogen and oxygen atoms in total. The van der Waals surface area contributed by atoms with Crippen LogP contribution in [0.4, 0.5) is 5.82 Å². The molecule has 6 heteroatoms. The number of anilines is 1. The highest BCUT2D eigenvalue weighted by Gasteiger charge is 2.16. The minimum Gasteiger partial charge on any atom is -0.489 e. The lowest BCUT2D eigenvalue weighted by Crippen LogP contribution is -2.17. The highest BCUT2D eigenvalue weighted by atomic mass is 32.2. The highest BCUT2D eigenvalue weighted by Crippen LogP contribution is 2.27. The van der Waals surface area contributed by atoms with E-state index < -0.39 is 10.8 Å². The Morgan fingerprint density at radius 2 is 1.92 bits per heavy atom. The molecule has 1 aromatic heterocycles. The van der Waals surface area contributed by atoms with Crippen LogP contribution in [-0.2, 0) is 10.8 Å². The van der Waals surface area contributed by atoms with Gasteiger partial charge in [-0.15, -0.1) is 0 Å². The number of nitrogens with one attached hydrogen (secondary N) is 1. The second kappa shape index (κ2) is 8.94. The fraction of sp³-hybridized carbons (Fsp3) is 0.400. The minimum absolute atomic E-state index is 0.264. The quantitative estimate of drug-likeness (QED) is 0.831. The molecule has 1 aliphatic rings. The van der Waals surface area contributed by atoms with Crippen LogP contribution < -0.4 is 10.1 Å². The summed E-state index contributed by atoms with van der Waals surface area (Å²) in [5.74, 6) is 1.34. The Kier molecular flexibility index (Phi) is 6.39. The van der Waals surface area contributed by atoms with Gasteiger partial charge in [0.1, 0.15) is 0 Å². The van der Waals surface area contributed by atoms with Gasteiger partial charge in [0.15, 0.2) is 11.6 Å². The van der Waals surface area contributed by atoms with Crippen molar-refractivity contribution in [3.05, 3.63) is 48.2 Å². The van der Waals surface area contributed by atoms with Crippen LogP contribution >= 0.6 is 0 Å². The number of benzene rings is 1. The Labute approximate surface area is 156 Å². The summed E-state index contributed by atoms with van der Waals surface area (Å²) >= 11 is 0. The van der Waals surface area contributed by atoms with E-state index in [0.29, 0.717) is 34.6 Å². The molecule has 0 spiro atoms. The summed E-state index contributed by atoms with van der Waals surface area (Å²) in [6, 6.07) is 10.4. The monoisotopic (exact) mass is 372 g/mol. The molecule has 3 rings (SSSR count). The number of amides is 1. The Morgan fingerprint density at radius 3 is 2.62 bits per heavy atom. The fourth-order valence-electron chi connectivity index (χ4n) is 3.14. The average molecular weight is 372 g/mol. The van der Waals surface area contributed by atoms with E-state index in [9.17, 15) is 9.00 Å². The van der Waals surface area contributed by atoms with Gasteiger partial charge in [-0.05, 0) is 55.2 Å². The number of nitrogens with zero attached hydrogens (tertiary/aromatic N) is 1. The van der Waals surface area contributed by atoms with Gasteiger partial charge in [0.05, 0.1) is 6.61 Å². The normalized spacial score (nSPS) is 16.0. The Bertz CT molecular complexity index is 771. The number of hydrogen-bond acceptors (Lipinski definition) is 4. The standard InChI is InChI=1S/C20H24N2O3S/c1-26(24)17-11-9-16(10-12-17)20(23)22-19-18(8-5-13-21-19)25-14-15-6-3-2-4-7-15/h5,8-13,15H,2-4,6-7,14H2,1H3,(H,21,22,23)/t26-/m0/s1. The third kappa shape index (κ3) is 4.91. The maximum Gasteiger partial charge on any atom is 0.256 e. The van der Waals surface area contributed by atoms with Crippen molar-refractivity contribution in [1.82, 2.24) is 4.98 Å². The van der Waals surface area contributed by atoms with Gasteiger partial charge >= 0.3 is 0 Å². The number of pyridine rings is 1. The van der Waals surface area contributed by atoms with Crippen LogP contribution in [0.3, 0.4) is 0 Å². The number of rotatable bonds is 6. The number of hydrogen-bond donors (Lipinski definition) is 1. The molecule has 0 aliphatic heterocycles. The fourth-order valence-corrected chi connectivity index (χ4v) is 3.66. The number of ether oxygens (including phenoxy) is 1. The molecule has 0 saturated heterocycles. The van der Waals surface area contributed by atoms with Crippen molar-refractivity contribution >= 4 is 22.5 Å². The molecule has 1 saturated carbocycles. The smallest absolute Gasteiger partial charge is 0.256 e. The molecular formula is C20H24N2O3S. The first-order chi connectivity index (χ1) is 12.6. The van der Waals surface area contributed by atoms with E-state index in [1.807, 2.05) is 6.07 Å². The van der Waals surface area contributed by atoms with E-state index in [1.165, 1.54) is 32.1 Å². The van der Waals surface area contributed by atoms with Crippen molar-refractivity contribution in [2.75, 3.05) is 18.2 Å². The van der Waals surface area contributed by atoms with Crippen molar-refractivity contribution in [2.24, 2.45) is 5.92 Å². The van der Waals surface area contributed by atoms with Gasteiger partial charge in [0, 0.05) is 33.7 Å².